The number of hydrogen-bond donors (Lipinski definition) is 1. The lowest BCUT2D eigenvalue weighted by Gasteiger charge is -2.14. The van der Waals surface area contributed by atoms with Gasteiger partial charge in [-0.25, -0.2) is 9.67 Å². The first kappa shape index (κ1) is 24.0. The molecule has 0 fully saturated rings. The van der Waals surface area contributed by atoms with E-state index in [2.05, 4.69) is 5.32 Å². The molecular formula is C24H27N5O3S2. The van der Waals surface area contributed by atoms with Gasteiger partial charge in [0.2, 0.25) is 5.91 Å². The van der Waals surface area contributed by atoms with Gasteiger partial charge in [-0.1, -0.05) is 36.9 Å². The van der Waals surface area contributed by atoms with E-state index < -0.39 is 5.25 Å². The van der Waals surface area contributed by atoms with E-state index in [1.807, 2.05) is 50.2 Å². The van der Waals surface area contributed by atoms with Crippen molar-refractivity contribution in [2.45, 2.75) is 51.1 Å². The van der Waals surface area contributed by atoms with Crippen molar-refractivity contribution >= 4 is 44.9 Å². The van der Waals surface area contributed by atoms with Gasteiger partial charge in [0.15, 0.2) is 5.16 Å². The molecule has 1 atom stereocenters. The fraction of sp³-hybridized carbons (Fsp3) is 0.333. The van der Waals surface area contributed by atoms with E-state index in [1.54, 1.807) is 30.1 Å². The average molecular weight is 498 g/mol. The highest BCUT2D eigenvalue weighted by Gasteiger charge is 2.23. The van der Waals surface area contributed by atoms with E-state index in [0.29, 0.717) is 33.3 Å². The maximum absolute atomic E-state index is 13.1. The quantitative estimate of drug-likeness (QED) is 0.308. The Labute approximate surface area is 205 Å². The van der Waals surface area contributed by atoms with Crippen LogP contribution in [0.1, 0.15) is 31.3 Å². The van der Waals surface area contributed by atoms with Crippen molar-refractivity contribution in [1.82, 2.24) is 18.9 Å². The highest BCUT2D eigenvalue weighted by molar-refractivity contribution is 8.00. The smallest absolute Gasteiger partial charge is 0.295 e. The van der Waals surface area contributed by atoms with E-state index >= 15 is 0 Å². The molecule has 1 N–H and O–H groups in total. The molecule has 3 aromatic heterocycles. The molecule has 0 radical (unpaired) electrons. The summed E-state index contributed by atoms with van der Waals surface area (Å²) in [6, 6.07) is 11.2. The van der Waals surface area contributed by atoms with Crippen LogP contribution < -0.4 is 16.4 Å². The molecule has 0 saturated heterocycles. The molecule has 34 heavy (non-hydrogen) atoms. The first-order chi connectivity index (χ1) is 16.3. The summed E-state index contributed by atoms with van der Waals surface area (Å²) in [6.45, 7) is 7.92. The second kappa shape index (κ2) is 9.63. The Morgan fingerprint density at radius 2 is 1.88 bits per heavy atom. The summed E-state index contributed by atoms with van der Waals surface area (Å²) in [5.74, 6) is -0.326. The van der Waals surface area contributed by atoms with Crippen LogP contribution in [0.25, 0.3) is 15.9 Å². The van der Waals surface area contributed by atoms with E-state index in [9.17, 15) is 14.4 Å². The molecule has 0 aliphatic rings. The van der Waals surface area contributed by atoms with E-state index in [1.165, 1.54) is 27.8 Å². The van der Waals surface area contributed by atoms with Gasteiger partial charge < -0.3 is 5.32 Å². The number of benzene rings is 1. The molecule has 0 bridgehead atoms. The molecule has 4 rings (SSSR count). The van der Waals surface area contributed by atoms with Gasteiger partial charge >= 0.3 is 0 Å². The molecule has 8 nitrogen and oxygen atoms in total. The van der Waals surface area contributed by atoms with Gasteiger partial charge in [0, 0.05) is 18.5 Å². The lowest BCUT2D eigenvalue weighted by atomic mass is 10.3. The van der Waals surface area contributed by atoms with E-state index in [4.69, 9.17) is 4.98 Å². The van der Waals surface area contributed by atoms with Crippen LogP contribution >= 0.6 is 23.1 Å². The standard InChI is InChI=1S/C24H27N5O3S2/c1-6-17-13-18-21(34-17)26-24(28(7-2)22(18)31)33-15(4)20(30)25-19-14(3)27(5)29(23(19)32)16-11-9-8-10-12-16/h8-13,15H,6-7H2,1-5H3,(H,25,30)/t15-/m0/s1. The Bertz CT molecular complexity index is 1480. The van der Waals surface area contributed by atoms with Crippen LogP contribution in [0.15, 0.2) is 51.1 Å². The average Bonchev–Trinajstić information content (AvgIpc) is 3.34. The summed E-state index contributed by atoms with van der Waals surface area (Å²) in [7, 11) is 1.78. The number of aryl methyl sites for hydroxylation is 1. The normalized spacial score (nSPS) is 12.3. The third-order valence-corrected chi connectivity index (χ3v) is 8.05. The summed E-state index contributed by atoms with van der Waals surface area (Å²) >= 11 is 2.72. The summed E-state index contributed by atoms with van der Waals surface area (Å²) in [4.78, 5) is 45.7. The number of hydrogen-bond acceptors (Lipinski definition) is 6. The van der Waals surface area contributed by atoms with Crippen LogP contribution in [0.2, 0.25) is 0 Å². The van der Waals surface area contributed by atoms with Gasteiger partial charge in [-0.05, 0) is 45.4 Å². The molecule has 1 amide bonds. The molecule has 0 aliphatic carbocycles. The fourth-order valence-electron chi connectivity index (χ4n) is 3.74. The monoisotopic (exact) mass is 497 g/mol. The van der Waals surface area contributed by atoms with Crippen LogP contribution in [0, 0.1) is 6.92 Å². The van der Waals surface area contributed by atoms with Gasteiger partial charge in [0.1, 0.15) is 10.5 Å². The van der Waals surface area contributed by atoms with Crippen LogP contribution in [-0.2, 0) is 24.8 Å². The third-order valence-electron chi connectivity index (χ3n) is 5.79. The maximum atomic E-state index is 13.1. The number of carbonyl (C=O) groups excluding carboxylic acids is 1. The second-order valence-electron chi connectivity index (χ2n) is 7.91. The first-order valence-corrected chi connectivity index (χ1v) is 12.8. The Morgan fingerprint density at radius 3 is 2.53 bits per heavy atom. The highest BCUT2D eigenvalue weighted by atomic mass is 32.2. The SMILES string of the molecule is CCc1cc2c(=O)n(CC)c(S[C@@H](C)C(=O)Nc3c(C)n(C)n(-c4ccccc4)c3=O)nc2s1. The number of para-hydroxylation sites is 1. The minimum absolute atomic E-state index is 0.0943. The highest BCUT2D eigenvalue weighted by Crippen LogP contribution is 2.27. The van der Waals surface area contributed by atoms with Crippen LogP contribution in [0.4, 0.5) is 5.69 Å². The second-order valence-corrected chi connectivity index (χ2v) is 10.3. The molecule has 4 aromatic rings. The van der Waals surface area contributed by atoms with Crippen LogP contribution in [-0.4, -0.2) is 30.1 Å². The zero-order chi connectivity index (χ0) is 24.6. The molecule has 1 aromatic carbocycles. The minimum Gasteiger partial charge on any atom is -0.319 e. The Morgan fingerprint density at radius 1 is 1.18 bits per heavy atom. The Balaban J connectivity index is 1.62. The Hall–Kier alpha value is -3.11. The molecule has 0 aliphatic heterocycles. The molecule has 178 valence electrons. The molecule has 3 heterocycles. The first-order valence-electron chi connectivity index (χ1n) is 11.1. The maximum Gasteiger partial charge on any atom is 0.295 e. The summed E-state index contributed by atoms with van der Waals surface area (Å²) in [5, 5.41) is 3.35. The van der Waals surface area contributed by atoms with Gasteiger partial charge in [0.25, 0.3) is 11.1 Å². The number of anilines is 1. The lowest BCUT2D eigenvalue weighted by molar-refractivity contribution is -0.115. The van der Waals surface area contributed by atoms with Crippen LogP contribution in [0.5, 0.6) is 0 Å². The van der Waals surface area contributed by atoms with E-state index in [0.717, 1.165) is 11.3 Å². The molecule has 0 saturated carbocycles. The zero-order valence-electron chi connectivity index (χ0n) is 19.8. The van der Waals surface area contributed by atoms with Gasteiger partial charge in [-0.2, -0.15) is 0 Å². The predicted octanol–water partition coefficient (Wildman–Crippen LogP) is 3.96. The fourth-order valence-corrected chi connectivity index (χ4v) is 5.72. The van der Waals surface area contributed by atoms with Gasteiger partial charge in [0.05, 0.1) is 22.0 Å². The number of rotatable bonds is 7. The number of aromatic nitrogens is 4. The van der Waals surface area contributed by atoms with Crippen molar-refractivity contribution in [3.8, 4) is 5.69 Å². The van der Waals surface area contributed by atoms with E-state index in [-0.39, 0.29) is 22.7 Å². The van der Waals surface area contributed by atoms with Crippen molar-refractivity contribution in [2.75, 3.05) is 5.32 Å². The minimum atomic E-state index is -0.572. The number of nitrogens with one attached hydrogen (secondary N) is 1. The molecule has 0 unspecified atom stereocenters. The topological polar surface area (TPSA) is 90.9 Å². The van der Waals surface area contributed by atoms with Gasteiger partial charge in [-0.3, -0.25) is 23.6 Å². The van der Waals surface area contributed by atoms with Crippen LogP contribution in [0.3, 0.4) is 0 Å². The number of amides is 1. The number of thiophene rings is 1. The van der Waals surface area contributed by atoms with Crippen molar-refractivity contribution in [1.29, 1.82) is 0 Å². The lowest BCUT2D eigenvalue weighted by Crippen LogP contribution is -2.28. The number of nitrogens with zero attached hydrogens (tertiary/aromatic N) is 4. The zero-order valence-corrected chi connectivity index (χ0v) is 21.4. The molecule has 0 spiro atoms. The largest absolute Gasteiger partial charge is 0.319 e. The summed E-state index contributed by atoms with van der Waals surface area (Å²) in [5.41, 5.74) is 1.21. The summed E-state index contributed by atoms with van der Waals surface area (Å²) in [6.07, 6.45) is 0.838. The summed E-state index contributed by atoms with van der Waals surface area (Å²) < 4.78 is 4.84. The third kappa shape index (κ3) is 4.23. The van der Waals surface area contributed by atoms with Crippen molar-refractivity contribution < 1.29 is 4.79 Å². The number of thioether (sulfide) groups is 1. The van der Waals surface area contributed by atoms with Crippen molar-refractivity contribution in [3.63, 3.8) is 0 Å². The van der Waals surface area contributed by atoms with Gasteiger partial charge in [-0.15, -0.1) is 11.3 Å². The number of carbonyl (C=O) groups is 1. The predicted molar refractivity (Wildman–Crippen MR) is 139 cm³/mol. The number of fused-ring (bicyclic) bond motifs is 1. The van der Waals surface area contributed by atoms with Crippen molar-refractivity contribution in [3.05, 3.63) is 67.7 Å². The van der Waals surface area contributed by atoms with Crippen molar-refractivity contribution in [2.24, 2.45) is 7.05 Å². The molecular weight excluding hydrogens is 470 g/mol. The molecule has 10 heteroatoms. The Kier molecular flexibility index (Phi) is 6.81.